The van der Waals surface area contributed by atoms with Gasteiger partial charge in [-0.1, -0.05) is 15.9 Å². The Labute approximate surface area is 103 Å². The lowest BCUT2D eigenvalue weighted by Crippen LogP contribution is -1.91. The Kier molecular flexibility index (Phi) is 3.06. The van der Waals surface area contributed by atoms with Crippen LogP contribution in [-0.2, 0) is 0 Å². The molecule has 0 fully saturated rings. The Hall–Kier alpha value is -1.22. The van der Waals surface area contributed by atoms with Gasteiger partial charge in [0, 0.05) is 4.47 Å². The van der Waals surface area contributed by atoms with E-state index in [1.54, 1.807) is 14.2 Å². The predicted molar refractivity (Wildman–Crippen MR) is 69.5 cm³/mol. The molecule has 0 saturated carbocycles. The maximum Gasteiger partial charge on any atom is 0.161 e. The predicted octanol–water partition coefficient (Wildman–Crippen LogP) is 3.93. The fourth-order valence-corrected chi connectivity index (χ4v) is 2.42. The molecule has 84 valence electrons. The summed E-state index contributed by atoms with van der Waals surface area (Å²) in [5, 5.41) is 2.32. The smallest absolute Gasteiger partial charge is 0.161 e. The van der Waals surface area contributed by atoms with Gasteiger partial charge in [-0.3, -0.25) is 0 Å². The summed E-state index contributed by atoms with van der Waals surface area (Å²) < 4.78 is 11.7. The lowest BCUT2D eigenvalue weighted by molar-refractivity contribution is 0.356. The van der Waals surface area contributed by atoms with E-state index in [9.17, 15) is 0 Å². The van der Waals surface area contributed by atoms with E-state index in [1.807, 2.05) is 12.1 Å². The number of methoxy groups -OCH3 is 2. The van der Waals surface area contributed by atoms with Crippen LogP contribution in [0.15, 0.2) is 28.7 Å². The second kappa shape index (κ2) is 4.34. The molecule has 2 rings (SSSR count). The van der Waals surface area contributed by atoms with E-state index >= 15 is 0 Å². The van der Waals surface area contributed by atoms with Crippen molar-refractivity contribution in [2.75, 3.05) is 14.2 Å². The van der Waals surface area contributed by atoms with Gasteiger partial charge in [0.15, 0.2) is 11.5 Å². The Morgan fingerprint density at radius 1 is 0.938 bits per heavy atom. The Bertz CT molecular complexity index is 535. The minimum Gasteiger partial charge on any atom is -0.493 e. The summed E-state index contributed by atoms with van der Waals surface area (Å²) in [6, 6.07) is 8.17. The molecule has 0 aliphatic carbocycles. The van der Waals surface area contributed by atoms with Crippen molar-refractivity contribution in [1.82, 2.24) is 0 Å². The third-order valence-corrected chi connectivity index (χ3v) is 3.09. The van der Waals surface area contributed by atoms with Crippen LogP contribution in [0.4, 0.5) is 0 Å². The molecule has 16 heavy (non-hydrogen) atoms. The molecule has 0 heterocycles. The van der Waals surface area contributed by atoms with Gasteiger partial charge in [0.2, 0.25) is 0 Å². The molecule has 0 spiro atoms. The van der Waals surface area contributed by atoms with E-state index in [0.717, 1.165) is 21.4 Å². The number of hydrogen-bond acceptors (Lipinski definition) is 2. The first-order valence-corrected chi connectivity index (χ1v) is 5.77. The molecule has 0 radical (unpaired) electrons. The molecule has 0 N–H and O–H groups in total. The number of fused-ring (bicyclic) bond motifs is 1. The molecule has 3 heteroatoms. The standard InChI is InChI=1S/C13H13BrO2/c1-8-4-10(14)5-9-6-12(15-2)13(16-3)7-11(8)9/h4-7H,1-3H3. The first kappa shape index (κ1) is 11.3. The fourth-order valence-electron chi connectivity index (χ4n) is 1.83. The quantitative estimate of drug-likeness (QED) is 0.830. The fraction of sp³-hybridized carbons (Fsp3) is 0.231. The number of rotatable bonds is 2. The topological polar surface area (TPSA) is 18.5 Å². The van der Waals surface area contributed by atoms with Gasteiger partial charge >= 0.3 is 0 Å². The van der Waals surface area contributed by atoms with Crippen molar-refractivity contribution in [3.8, 4) is 11.5 Å². The van der Waals surface area contributed by atoms with E-state index < -0.39 is 0 Å². The van der Waals surface area contributed by atoms with E-state index in [2.05, 4.69) is 35.0 Å². The van der Waals surface area contributed by atoms with Gasteiger partial charge in [0.25, 0.3) is 0 Å². The summed E-state index contributed by atoms with van der Waals surface area (Å²) in [5.41, 5.74) is 1.21. The average Bonchev–Trinajstić information content (AvgIpc) is 2.27. The van der Waals surface area contributed by atoms with Crippen LogP contribution < -0.4 is 9.47 Å². The van der Waals surface area contributed by atoms with Crippen LogP contribution in [0.2, 0.25) is 0 Å². The first-order valence-electron chi connectivity index (χ1n) is 4.97. The Morgan fingerprint density at radius 3 is 2.19 bits per heavy atom. The highest BCUT2D eigenvalue weighted by atomic mass is 79.9. The molecule has 0 aliphatic rings. The number of halogens is 1. The van der Waals surface area contributed by atoms with E-state index in [1.165, 1.54) is 10.9 Å². The third-order valence-electron chi connectivity index (χ3n) is 2.63. The second-order valence-corrected chi connectivity index (χ2v) is 4.57. The van der Waals surface area contributed by atoms with Gasteiger partial charge in [-0.2, -0.15) is 0 Å². The van der Waals surface area contributed by atoms with Crippen LogP contribution in [0.25, 0.3) is 10.8 Å². The lowest BCUT2D eigenvalue weighted by atomic mass is 10.0. The van der Waals surface area contributed by atoms with Crippen LogP contribution in [0.1, 0.15) is 5.56 Å². The van der Waals surface area contributed by atoms with Crippen molar-refractivity contribution < 1.29 is 9.47 Å². The van der Waals surface area contributed by atoms with Crippen molar-refractivity contribution in [2.45, 2.75) is 6.92 Å². The maximum atomic E-state index is 5.29. The van der Waals surface area contributed by atoms with Gasteiger partial charge in [0.05, 0.1) is 14.2 Å². The summed E-state index contributed by atoms with van der Waals surface area (Å²) in [4.78, 5) is 0. The highest BCUT2D eigenvalue weighted by molar-refractivity contribution is 9.10. The molecule has 0 amide bonds. The molecule has 0 aromatic heterocycles. The number of aryl methyl sites for hydroxylation is 1. The van der Waals surface area contributed by atoms with Crippen LogP contribution in [-0.4, -0.2) is 14.2 Å². The van der Waals surface area contributed by atoms with Gasteiger partial charge in [-0.25, -0.2) is 0 Å². The molecule has 0 saturated heterocycles. The lowest BCUT2D eigenvalue weighted by Gasteiger charge is -2.11. The SMILES string of the molecule is COc1cc2cc(Br)cc(C)c2cc1OC. The molecule has 0 bridgehead atoms. The van der Waals surface area contributed by atoms with Crippen LogP contribution >= 0.6 is 15.9 Å². The van der Waals surface area contributed by atoms with E-state index in [4.69, 9.17) is 9.47 Å². The molecular weight excluding hydrogens is 268 g/mol. The summed E-state index contributed by atoms with van der Waals surface area (Å²) >= 11 is 3.49. The molecular formula is C13H13BrO2. The Morgan fingerprint density at radius 2 is 1.56 bits per heavy atom. The van der Waals surface area contributed by atoms with Crippen LogP contribution in [0, 0.1) is 6.92 Å². The second-order valence-electron chi connectivity index (χ2n) is 3.65. The number of hydrogen-bond donors (Lipinski definition) is 0. The van der Waals surface area contributed by atoms with Crippen molar-refractivity contribution >= 4 is 26.7 Å². The molecule has 0 aliphatic heterocycles. The van der Waals surface area contributed by atoms with Gasteiger partial charge < -0.3 is 9.47 Å². The largest absolute Gasteiger partial charge is 0.493 e. The van der Waals surface area contributed by atoms with Crippen molar-refractivity contribution in [3.05, 3.63) is 34.3 Å². The van der Waals surface area contributed by atoms with Crippen molar-refractivity contribution in [3.63, 3.8) is 0 Å². The average molecular weight is 281 g/mol. The maximum absolute atomic E-state index is 5.29. The monoisotopic (exact) mass is 280 g/mol. The van der Waals surface area contributed by atoms with Gasteiger partial charge in [-0.15, -0.1) is 0 Å². The highest BCUT2D eigenvalue weighted by Gasteiger charge is 2.07. The zero-order valence-electron chi connectivity index (χ0n) is 9.50. The first-order chi connectivity index (χ1) is 7.65. The van der Waals surface area contributed by atoms with Gasteiger partial charge in [-0.05, 0) is 47.5 Å². The van der Waals surface area contributed by atoms with Crippen molar-refractivity contribution in [1.29, 1.82) is 0 Å². The Balaban J connectivity index is 2.78. The van der Waals surface area contributed by atoms with E-state index in [0.29, 0.717) is 0 Å². The van der Waals surface area contributed by atoms with Gasteiger partial charge in [0.1, 0.15) is 0 Å². The van der Waals surface area contributed by atoms with Crippen LogP contribution in [0.3, 0.4) is 0 Å². The molecule has 0 atom stereocenters. The van der Waals surface area contributed by atoms with Crippen molar-refractivity contribution in [2.24, 2.45) is 0 Å². The van der Waals surface area contributed by atoms with Crippen LogP contribution in [0.5, 0.6) is 11.5 Å². The summed E-state index contributed by atoms with van der Waals surface area (Å²) in [5.74, 6) is 1.52. The normalized spacial score (nSPS) is 10.5. The highest BCUT2D eigenvalue weighted by Crippen LogP contribution is 2.34. The molecule has 2 aromatic carbocycles. The summed E-state index contributed by atoms with van der Waals surface area (Å²) in [7, 11) is 3.30. The number of ether oxygens (including phenoxy) is 2. The zero-order chi connectivity index (χ0) is 11.7. The zero-order valence-corrected chi connectivity index (χ0v) is 11.1. The summed E-state index contributed by atoms with van der Waals surface area (Å²) in [6.07, 6.45) is 0. The van der Waals surface area contributed by atoms with E-state index in [-0.39, 0.29) is 0 Å². The third kappa shape index (κ3) is 1.87. The molecule has 2 aromatic rings. The molecule has 0 unspecified atom stereocenters. The summed E-state index contributed by atoms with van der Waals surface area (Å²) in [6.45, 7) is 2.08. The number of benzene rings is 2. The minimum absolute atomic E-state index is 0.757. The minimum atomic E-state index is 0.757. The molecule has 2 nitrogen and oxygen atoms in total.